The number of anilines is 1. The highest BCUT2D eigenvalue weighted by Crippen LogP contribution is 2.26. The number of carbonyl (C=O) groups is 1. The molecule has 2 aliphatic rings. The number of hydrogen-bond acceptors (Lipinski definition) is 5. The second-order valence-corrected chi connectivity index (χ2v) is 11.0. The number of para-hydroxylation sites is 1. The average molecular weight is 472 g/mol. The third-order valence-electron chi connectivity index (χ3n) is 6.32. The van der Waals surface area contributed by atoms with Crippen molar-refractivity contribution in [2.45, 2.75) is 50.3 Å². The second-order valence-electron chi connectivity index (χ2n) is 9.09. The molecule has 2 aliphatic heterocycles. The highest BCUT2D eigenvalue weighted by Gasteiger charge is 2.32. The summed E-state index contributed by atoms with van der Waals surface area (Å²) in [6, 6.07) is 14.5. The lowest BCUT2D eigenvalue weighted by molar-refractivity contribution is -0.0440. The molecule has 7 nitrogen and oxygen atoms in total. The molecule has 0 spiro atoms. The number of benzene rings is 2. The van der Waals surface area contributed by atoms with Crippen molar-refractivity contribution in [3.05, 3.63) is 59.7 Å². The normalized spacial score (nSPS) is 21.8. The topological polar surface area (TPSA) is 70.2 Å². The Morgan fingerprint density at radius 2 is 1.61 bits per heavy atom. The number of sulfonamides is 1. The molecule has 33 heavy (non-hydrogen) atoms. The summed E-state index contributed by atoms with van der Waals surface area (Å²) in [5.41, 5.74) is 2.77. The van der Waals surface area contributed by atoms with Crippen LogP contribution in [0, 0.1) is 0 Å². The van der Waals surface area contributed by atoms with Crippen LogP contribution in [0.1, 0.15) is 42.6 Å². The molecule has 1 amide bonds. The van der Waals surface area contributed by atoms with E-state index in [2.05, 4.69) is 17.0 Å². The summed E-state index contributed by atoms with van der Waals surface area (Å²) in [7, 11) is -1.85. The third-order valence-corrected chi connectivity index (χ3v) is 8.16. The lowest BCUT2D eigenvalue weighted by Gasteiger charge is -2.34. The fourth-order valence-electron chi connectivity index (χ4n) is 4.70. The molecule has 0 N–H and O–H groups in total. The van der Waals surface area contributed by atoms with Crippen molar-refractivity contribution in [1.29, 1.82) is 0 Å². The average Bonchev–Trinajstić information content (AvgIpc) is 3.33. The Balaban J connectivity index is 1.46. The van der Waals surface area contributed by atoms with Gasteiger partial charge in [0.2, 0.25) is 10.0 Å². The van der Waals surface area contributed by atoms with Gasteiger partial charge < -0.3 is 14.5 Å². The molecule has 0 radical (unpaired) electrons. The molecular formula is C25H33N3O4S. The zero-order chi connectivity index (χ0) is 23.6. The summed E-state index contributed by atoms with van der Waals surface area (Å²) in [5.74, 6) is -0.135. The van der Waals surface area contributed by atoms with E-state index in [1.54, 1.807) is 24.1 Å². The minimum Gasteiger partial charge on any atom is -0.373 e. The maximum atomic E-state index is 13.1. The van der Waals surface area contributed by atoms with Crippen molar-refractivity contribution in [3.8, 4) is 0 Å². The molecule has 8 heteroatoms. The van der Waals surface area contributed by atoms with Crippen molar-refractivity contribution >= 4 is 21.6 Å². The lowest BCUT2D eigenvalue weighted by atomic mass is 10.1. The van der Waals surface area contributed by atoms with E-state index in [9.17, 15) is 13.2 Å². The highest BCUT2D eigenvalue weighted by atomic mass is 32.2. The van der Waals surface area contributed by atoms with Crippen molar-refractivity contribution < 1.29 is 17.9 Å². The van der Waals surface area contributed by atoms with Gasteiger partial charge in [-0.15, -0.1) is 0 Å². The maximum Gasteiger partial charge on any atom is 0.253 e. The van der Waals surface area contributed by atoms with Crippen LogP contribution in [-0.4, -0.2) is 69.0 Å². The Labute approximate surface area is 197 Å². The van der Waals surface area contributed by atoms with Gasteiger partial charge in [-0.05, 0) is 62.6 Å². The summed E-state index contributed by atoms with van der Waals surface area (Å²) in [6.45, 7) is 6.99. The minimum atomic E-state index is -3.63. The number of ether oxygens (including phenoxy) is 1. The molecule has 0 bridgehead atoms. The first kappa shape index (κ1) is 23.7. The Morgan fingerprint density at radius 1 is 1.00 bits per heavy atom. The van der Waals surface area contributed by atoms with Crippen molar-refractivity contribution in [1.82, 2.24) is 9.21 Å². The molecule has 2 saturated heterocycles. The SMILES string of the molecule is CC1CN(S(=O)(=O)c2ccc(C(=O)N(C)Cc3ccccc3N3CCCC3)cc2)CC(C)O1. The second kappa shape index (κ2) is 9.83. The Morgan fingerprint density at radius 3 is 2.24 bits per heavy atom. The fraction of sp³-hybridized carbons (Fsp3) is 0.480. The quantitative estimate of drug-likeness (QED) is 0.646. The summed E-state index contributed by atoms with van der Waals surface area (Å²) in [4.78, 5) is 17.3. The van der Waals surface area contributed by atoms with E-state index in [1.807, 2.05) is 26.0 Å². The fourth-order valence-corrected chi connectivity index (χ4v) is 6.29. The van der Waals surface area contributed by atoms with Gasteiger partial charge in [0, 0.05) is 51.0 Å². The van der Waals surface area contributed by atoms with Crippen LogP contribution < -0.4 is 4.90 Å². The van der Waals surface area contributed by atoms with Crippen LogP contribution in [0.15, 0.2) is 53.4 Å². The molecule has 0 aliphatic carbocycles. The molecule has 178 valence electrons. The van der Waals surface area contributed by atoms with Crippen molar-refractivity contribution in [2.75, 3.05) is 38.1 Å². The van der Waals surface area contributed by atoms with Crippen molar-refractivity contribution in [2.24, 2.45) is 0 Å². The molecule has 0 aromatic heterocycles. The van der Waals surface area contributed by atoms with Gasteiger partial charge in [-0.3, -0.25) is 4.79 Å². The molecule has 0 saturated carbocycles. The van der Waals surface area contributed by atoms with Crippen LogP contribution >= 0.6 is 0 Å². The van der Waals surface area contributed by atoms with Gasteiger partial charge in [-0.1, -0.05) is 18.2 Å². The predicted octanol–water partition coefficient (Wildman–Crippen LogP) is 3.36. The zero-order valence-electron chi connectivity index (χ0n) is 19.6. The van der Waals surface area contributed by atoms with Crippen LogP contribution in [-0.2, 0) is 21.3 Å². The highest BCUT2D eigenvalue weighted by molar-refractivity contribution is 7.89. The molecule has 2 fully saturated rings. The number of carbonyl (C=O) groups excluding carboxylic acids is 1. The van der Waals surface area contributed by atoms with Crippen LogP contribution in [0.4, 0.5) is 5.69 Å². The molecule has 4 rings (SSSR count). The number of amides is 1. The van der Waals surface area contributed by atoms with Crippen LogP contribution in [0.2, 0.25) is 0 Å². The van der Waals surface area contributed by atoms with Crippen molar-refractivity contribution in [3.63, 3.8) is 0 Å². The monoisotopic (exact) mass is 471 g/mol. The zero-order valence-corrected chi connectivity index (χ0v) is 20.4. The molecule has 2 aromatic carbocycles. The van der Waals surface area contributed by atoms with Gasteiger partial charge in [0.05, 0.1) is 17.1 Å². The standard InChI is InChI=1S/C25H33N3O4S/c1-19-16-28(17-20(2)32-19)33(30,31)23-12-10-21(11-13-23)25(29)26(3)18-22-8-4-5-9-24(22)27-14-6-7-15-27/h4-5,8-13,19-20H,6-7,14-18H2,1-3H3. The Bertz CT molecular complexity index is 1070. The van der Waals surface area contributed by atoms with E-state index < -0.39 is 10.0 Å². The van der Waals surface area contributed by atoms with Gasteiger partial charge in [-0.2, -0.15) is 4.31 Å². The minimum absolute atomic E-state index is 0.135. The molecule has 2 aromatic rings. The number of hydrogen-bond donors (Lipinski definition) is 0. The molecule has 2 unspecified atom stereocenters. The maximum absolute atomic E-state index is 13.1. The first-order chi connectivity index (χ1) is 15.8. The van der Waals surface area contributed by atoms with E-state index in [-0.39, 0.29) is 23.0 Å². The largest absolute Gasteiger partial charge is 0.373 e. The first-order valence-electron chi connectivity index (χ1n) is 11.6. The Hall–Kier alpha value is -2.42. The van der Waals surface area contributed by atoms with Gasteiger partial charge in [0.25, 0.3) is 5.91 Å². The Kier molecular flexibility index (Phi) is 7.07. The van der Waals surface area contributed by atoms with Crippen LogP contribution in [0.25, 0.3) is 0 Å². The van der Waals surface area contributed by atoms with Gasteiger partial charge in [0.1, 0.15) is 0 Å². The summed E-state index contributed by atoms with van der Waals surface area (Å²) >= 11 is 0. The van der Waals surface area contributed by atoms with Gasteiger partial charge in [-0.25, -0.2) is 8.42 Å². The third kappa shape index (κ3) is 5.23. The van der Waals surface area contributed by atoms with Gasteiger partial charge in [0.15, 0.2) is 0 Å². The summed E-state index contributed by atoms with van der Waals surface area (Å²) < 4.78 is 33.3. The smallest absolute Gasteiger partial charge is 0.253 e. The molecule has 2 heterocycles. The number of nitrogens with zero attached hydrogens (tertiary/aromatic N) is 3. The van der Waals surface area contributed by atoms with Gasteiger partial charge >= 0.3 is 0 Å². The van der Waals surface area contributed by atoms with Crippen LogP contribution in [0.3, 0.4) is 0 Å². The van der Waals surface area contributed by atoms with E-state index in [1.165, 1.54) is 35.0 Å². The van der Waals surface area contributed by atoms with E-state index in [0.717, 1.165) is 18.7 Å². The lowest BCUT2D eigenvalue weighted by Crippen LogP contribution is -2.48. The van der Waals surface area contributed by atoms with E-state index in [4.69, 9.17) is 4.74 Å². The molecule has 2 atom stereocenters. The first-order valence-corrected chi connectivity index (χ1v) is 13.0. The van der Waals surface area contributed by atoms with Crippen LogP contribution in [0.5, 0.6) is 0 Å². The van der Waals surface area contributed by atoms with E-state index >= 15 is 0 Å². The number of morpholine rings is 1. The summed E-state index contributed by atoms with van der Waals surface area (Å²) in [5, 5.41) is 0. The predicted molar refractivity (Wildman–Crippen MR) is 129 cm³/mol. The number of rotatable bonds is 6. The van der Waals surface area contributed by atoms with E-state index in [0.29, 0.717) is 25.2 Å². The summed E-state index contributed by atoms with van der Waals surface area (Å²) in [6.07, 6.45) is 2.09. The molecular weight excluding hydrogens is 438 g/mol.